The molecule has 0 aliphatic rings. The summed E-state index contributed by atoms with van der Waals surface area (Å²) in [6, 6.07) is 0. The van der Waals surface area contributed by atoms with Gasteiger partial charge < -0.3 is 9.53 Å². The number of carbonyl (C=O) groups excluding carboxylic acids is 1. The van der Waals surface area contributed by atoms with Crippen molar-refractivity contribution in [3.8, 4) is 0 Å². The van der Waals surface area contributed by atoms with Gasteiger partial charge in [-0.15, -0.1) is 0 Å². The lowest BCUT2D eigenvalue weighted by Gasteiger charge is -2.09. The fraction of sp³-hybridized carbons (Fsp3) is 0.857. The van der Waals surface area contributed by atoms with Gasteiger partial charge in [-0.2, -0.15) is 0 Å². The van der Waals surface area contributed by atoms with Crippen molar-refractivity contribution in [3.63, 3.8) is 0 Å². The van der Waals surface area contributed by atoms with E-state index >= 15 is 0 Å². The highest BCUT2D eigenvalue weighted by Crippen LogP contribution is 1.99. The molecule has 0 aromatic carbocycles. The third kappa shape index (κ3) is 4.15. The summed E-state index contributed by atoms with van der Waals surface area (Å²) in [7, 11) is 0. The number of rotatable bonds is 5. The molecule has 0 N–H and O–H groups in total. The molecule has 0 heterocycles. The van der Waals surface area contributed by atoms with Crippen LogP contribution in [0, 0.1) is 0 Å². The molecule has 1 atom stereocenters. The lowest BCUT2D eigenvalue weighted by molar-refractivity contribution is -0.110. The zero-order chi connectivity index (χ0) is 7.11. The summed E-state index contributed by atoms with van der Waals surface area (Å²) in [5.74, 6) is 0. The predicted octanol–water partition coefficient (Wildman–Crippen LogP) is 1.39. The van der Waals surface area contributed by atoms with E-state index in [2.05, 4.69) is 0 Å². The molecule has 2 heteroatoms. The number of hydrogen-bond donors (Lipinski definition) is 0. The van der Waals surface area contributed by atoms with Crippen molar-refractivity contribution in [2.24, 2.45) is 0 Å². The number of ether oxygens (including phenoxy) is 1. The lowest BCUT2D eigenvalue weighted by atomic mass is 10.2. The summed E-state index contributed by atoms with van der Waals surface area (Å²) >= 11 is 0. The van der Waals surface area contributed by atoms with Gasteiger partial charge in [-0.3, -0.25) is 0 Å². The molecule has 0 rings (SSSR count). The first-order valence-corrected chi connectivity index (χ1v) is 3.40. The highest BCUT2D eigenvalue weighted by atomic mass is 16.5. The van der Waals surface area contributed by atoms with E-state index in [-0.39, 0.29) is 6.10 Å². The van der Waals surface area contributed by atoms with Crippen molar-refractivity contribution >= 4 is 6.29 Å². The van der Waals surface area contributed by atoms with Gasteiger partial charge in [-0.25, -0.2) is 0 Å². The second kappa shape index (κ2) is 5.76. The van der Waals surface area contributed by atoms with E-state index in [1.165, 1.54) is 0 Å². The van der Waals surface area contributed by atoms with Crippen molar-refractivity contribution in [3.05, 3.63) is 0 Å². The van der Waals surface area contributed by atoms with Crippen LogP contribution in [-0.4, -0.2) is 19.0 Å². The van der Waals surface area contributed by atoms with Crippen LogP contribution in [0.4, 0.5) is 0 Å². The number of hydrogen-bond acceptors (Lipinski definition) is 2. The lowest BCUT2D eigenvalue weighted by Crippen LogP contribution is -2.11. The minimum Gasteiger partial charge on any atom is -0.378 e. The van der Waals surface area contributed by atoms with Crippen LogP contribution in [0.5, 0.6) is 0 Å². The molecule has 0 fully saturated rings. The minimum absolute atomic E-state index is 0.146. The Morgan fingerprint density at radius 1 is 1.56 bits per heavy atom. The van der Waals surface area contributed by atoms with E-state index < -0.39 is 0 Å². The third-order valence-electron chi connectivity index (χ3n) is 1.22. The third-order valence-corrected chi connectivity index (χ3v) is 1.22. The Morgan fingerprint density at radius 2 is 2.22 bits per heavy atom. The van der Waals surface area contributed by atoms with Crippen molar-refractivity contribution in [1.29, 1.82) is 0 Å². The van der Waals surface area contributed by atoms with Crippen molar-refractivity contribution < 1.29 is 9.53 Å². The average Bonchev–Trinajstić information content (AvgIpc) is 1.88. The van der Waals surface area contributed by atoms with Gasteiger partial charge in [0.05, 0.1) is 6.10 Å². The maximum Gasteiger partial charge on any atom is 0.122 e. The Hall–Kier alpha value is -0.370. The molecule has 0 spiro atoms. The predicted molar refractivity (Wildman–Crippen MR) is 36.4 cm³/mol. The van der Waals surface area contributed by atoms with Gasteiger partial charge in [-0.1, -0.05) is 6.92 Å². The zero-order valence-electron chi connectivity index (χ0n) is 6.09. The second-order valence-corrected chi connectivity index (χ2v) is 1.89. The largest absolute Gasteiger partial charge is 0.378 e. The van der Waals surface area contributed by atoms with E-state index in [9.17, 15) is 4.79 Å². The van der Waals surface area contributed by atoms with E-state index in [1.54, 1.807) is 0 Å². The summed E-state index contributed by atoms with van der Waals surface area (Å²) in [5, 5.41) is 0. The maximum atomic E-state index is 9.97. The molecule has 9 heavy (non-hydrogen) atoms. The van der Waals surface area contributed by atoms with Crippen LogP contribution in [0.15, 0.2) is 0 Å². The summed E-state index contributed by atoms with van der Waals surface area (Å²) in [6.07, 6.45) is 2.51. The fourth-order valence-electron chi connectivity index (χ4n) is 0.696. The van der Waals surface area contributed by atoms with Gasteiger partial charge >= 0.3 is 0 Å². The van der Waals surface area contributed by atoms with Gasteiger partial charge in [0, 0.05) is 13.0 Å². The SMILES string of the molecule is CCOC(CC)CC=O. The van der Waals surface area contributed by atoms with Crippen LogP contribution < -0.4 is 0 Å². The van der Waals surface area contributed by atoms with Crippen molar-refractivity contribution in [2.75, 3.05) is 6.61 Å². The van der Waals surface area contributed by atoms with E-state index in [1.807, 2.05) is 13.8 Å². The monoisotopic (exact) mass is 130 g/mol. The van der Waals surface area contributed by atoms with Gasteiger partial charge in [0.1, 0.15) is 6.29 Å². The second-order valence-electron chi connectivity index (χ2n) is 1.89. The standard InChI is InChI=1S/C7H14O2/c1-3-7(5-6-8)9-4-2/h6-7H,3-5H2,1-2H3. The summed E-state index contributed by atoms with van der Waals surface area (Å²) in [6.45, 7) is 4.66. The van der Waals surface area contributed by atoms with E-state index in [0.717, 1.165) is 12.7 Å². The molecule has 0 radical (unpaired) electrons. The Labute approximate surface area is 56.2 Å². The van der Waals surface area contributed by atoms with Crippen LogP contribution in [0.1, 0.15) is 26.7 Å². The Balaban J connectivity index is 3.28. The molecule has 0 aliphatic heterocycles. The first-order chi connectivity index (χ1) is 4.35. The summed E-state index contributed by atoms with van der Waals surface area (Å²) in [5.41, 5.74) is 0. The van der Waals surface area contributed by atoms with Crippen LogP contribution >= 0.6 is 0 Å². The number of carbonyl (C=O) groups is 1. The van der Waals surface area contributed by atoms with Gasteiger partial charge in [0.25, 0.3) is 0 Å². The maximum absolute atomic E-state index is 9.97. The van der Waals surface area contributed by atoms with E-state index in [0.29, 0.717) is 13.0 Å². The Morgan fingerprint density at radius 3 is 2.56 bits per heavy atom. The van der Waals surface area contributed by atoms with Gasteiger partial charge in [0.2, 0.25) is 0 Å². The molecular formula is C7H14O2. The van der Waals surface area contributed by atoms with Gasteiger partial charge in [-0.05, 0) is 13.3 Å². The average molecular weight is 130 g/mol. The Bertz CT molecular complexity index is 71.3. The zero-order valence-corrected chi connectivity index (χ0v) is 6.09. The van der Waals surface area contributed by atoms with Crippen LogP contribution in [-0.2, 0) is 9.53 Å². The number of aldehydes is 1. The molecule has 0 aliphatic carbocycles. The smallest absolute Gasteiger partial charge is 0.122 e. The molecule has 1 unspecified atom stereocenters. The molecule has 0 aromatic rings. The molecule has 0 saturated carbocycles. The van der Waals surface area contributed by atoms with Crippen LogP contribution in [0.3, 0.4) is 0 Å². The molecule has 0 saturated heterocycles. The van der Waals surface area contributed by atoms with Gasteiger partial charge in [0.15, 0.2) is 0 Å². The van der Waals surface area contributed by atoms with Crippen molar-refractivity contribution in [1.82, 2.24) is 0 Å². The van der Waals surface area contributed by atoms with E-state index in [4.69, 9.17) is 4.74 Å². The van der Waals surface area contributed by atoms with Crippen LogP contribution in [0.2, 0.25) is 0 Å². The summed E-state index contributed by atoms with van der Waals surface area (Å²) in [4.78, 5) is 9.97. The quantitative estimate of drug-likeness (QED) is 0.526. The molecule has 0 aromatic heterocycles. The minimum atomic E-state index is 0.146. The topological polar surface area (TPSA) is 26.3 Å². The molecule has 0 amide bonds. The normalized spacial score (nSPS) is 13.1. The molecule has 0 bridgehead atoms. The molecule has 2 nitrogen and oxygen atoms in total. The Kier molecular flexibility index (Phi) is 5.52. The molecule has 54 valence electrons. The fourth-order valence-corrected chi connectivity index (χ4v) is 0.696. The first-order valence-electron chi connectivity index (χ1n) is 3.40. The summed E-state index contributed by atoms with van der Waals surface area (Å²) < 4.78 is 5.20. The first kappa shape index (κ1) is 8.63. The molecular weight excluding hydrogens is 116 g/mol. The highest BCUT2D eigenvalue weighted by Gasteiger charge is 2.02. The highest BCUT2D eigenvalue weighted by molar-refractivity contribution is 5.50. The van der Waals surface area contributed by atoms with Crippen molar-refractivity contribution in [2.45, 2.75) is 32.8 Å². The van der Waals surface area contributed by atoms with Crippen LogP contribution in [0.25, 0.3) is 0 Å².